The SMILES string of the molecule is COc1ccc(NC(=O)C(C)Sc2n[nH]c(-c3ccccc3F)n2)cc1. The molecular formula is C18H17FN4O2S. The molecule has 0 aliphatic heterocycles. The molecule has 1 aromatic heterocycles. The quantitative estimate of drug-likeness (QED) is 0.645. The minimum Gasteiger partial charge on any atom is -0.497 e. The van der Waals surface area contributed by atoms with Crippen LogP contribution in [0.4, 0.5) is 10.1 Å². The van der Waals surface area contributed by atoms with Crippen molar-refractivity contribution in [1.29, 1.82) is 0 Å². The number of hydrogen-bond donors (Lipinski definition) is 2. The molecule has 2 N–H and O–H groups in total. The number of H-pyrrole nitrogens is 1. The summed E-state index contributed by atoms with van der Waals surface area (Å²) < 4.78 is 18.9. The first kappa shape index (κ1) is 17.9. The number of aromatic amines is 1. The van der Waals surface area contributed by atoms with E-state index in [1.165, 1.54) is 17.8 Å². The van der Waals surface area contributed by atoms with Gasteiger partial charge in [-0.25, -0.2) is 9.37 Å². The topological polar surface area (TPSA) is 79.9 Å². The fraction of sp³-hybridized carbons (Fsp3) is 0.167. The molecular weight excluding hydrogens is 355 g/mol. The van der Waals surface area contributed by atoms with Gasteiger partial charge in [-0.3, -0.25) is 9.89 Å². The van der Waals surface area contributed by atoms with Crippen molar-refractivity contribution in [2.45, 2.75) is 17.3 Å². The van der Waals surface area contributed by atoms with Gasteiger partial charge >= 0.3 is 0 Å². The summed E-state index contributed by atoms with van der Waals surface area (Å²) in [5.74, 6) is 0.475. The van der Waals surface area contributed by atoms with Gasteiger partial charge < -0.3 is 10.1 Å². The van der Waals surface area contributed by atoms with E-state index in [2.05, 4.69) is 20.5 Å². The Kier molecular flexibility index (Phi) is 5.52. The van der Waals surface area contributed by atoms with Gasteiger partial charge in [-0.1, -0.05) is 23.9 Å². The van der Waals surface area contributed by atoms with Crippen molar-refractivity contribution in [1.82, 2.24) is 15.2 Å². The Balaban J connectivity index is 1.63. The van der Waals surface area contributed by atoms with Gasteiger partial charge in [0, 0.05) is 5.69 Å². The number of carbonyl (C=O) groups is 1. The molecule has 8 heteroatoms. The number of ether oxygens (including phenoxy) is 1. The number of benzene rings is 2. The predicted molar refractivity (Wildman–Crippen MR) is 98.7 cm³/mol. The lowest BCUT2D eigenvalue weighted by atomic mass is 10.2. The Morgan fingerprint density at radius 2 is 1.96 bits per heavy atom. The maximum absolute atomic E-state index is 13.8. The van der Waals surface area contributed by atoms with E-state index in [4.69, 9.17) is 4.74 Å². The van der Waals surface area contributed by atoms with Crippen LogP contribution in [0.15, 0.2) is 53.7 Å². The van der Waals surface area contributed by atoms with Crippen LogP contribution in [0.2, 0.25) is 0 Å². The highest BCUT2D eigenvalue weighted by Crippen LogP contribution is 2.25. The standard InChI is InChI=1S/C18H17FN4O2S/c1-11(17(24)20-12-7-9-13(25-2)10-8-12)26-18-21-16(22-23-18)14-5-3-4-6-15(14)19/h3-11H,1-2H3,(H,20,24)(H,21,22,23). The number of thioether (sulfide) groups is 1. The van der Waals surface area contributed by atoms with E-state index in [0.717, 1.165) is 0 Å². The molecule has 26 heavy (non-hydrogen) atoms. The van der Waals surface area contributed by atoms with E-state index in [1.54, 1.807) is 56.5 Å². The van der Waals surface area contributed by atoms with Crippen LogP contribution in [0.3, 0.4) is 0 Å². The minimum atomic E-state index is -0.429. The molecule has 0 bridgehead atoms. The molecule has 0 aliphatic rings. The lowest BCUT2D eigenvalue weighted by Gasteiger charge is -2.10. The highest BCUT2D eigenvalue weighted by molar-refractivity contribution is 8.00. The number of nitrogens with one attached hydrogen (secondary N) is 2. The van der Waals surface area contributed by atoms with Crippen molar-refractivity contribution in [3.63, 3.8) is 0 Å². The highest BCUT2D eigenvalue weighted by atomic mass is 32.2. The van der Waals surface area contributed by atoms with Crippen LogP contribution in [0.25, 0.3) is 11.4 Å². The number of amides is 1. The molecule has 0 radical (unpaired) electrons. The summed E-state index contributed by atoms with van der Waals surface area (Å²) in [6.45, 7) is 1.75. The van der Waals surface area contributed by atoms with Gasteiger partial charge in [-0.05, 0) is 43.3 Å². The summed E-state index contributed by atoms with van der Waals surface area (Å²) in [5.41, 5.74) is 1.01. The summed E-state index contributed by atoms with van der Waals surface area (Å²) in [6, 6.07) is 13.4. The largest absolute Gasteiger partial charge is 0.497 e. The Labute approximate surface area is 154 Å². The number of hydrogen-bond acceptors (Lipinski definition) is 5. The summed E-state index contributed by atoms with van der Waals surface area (Å²) in [4.78, 5) is 16.6. The molecule has 0 spiro atoms. The fourth-order valence-corrected chi connectivity index (χ4v) is 2.93. The second kappa shape index (κ2) is 8.01. The zero-order valence-electron chi connectivity index (χ0n) is 14.2. The molecule has 134 valence electrons. The van der Waals surface area contributed by atoms with Crippen LogP contribution < -0.4 is 10.1 Å². The van der Waals surface area contributed by atoms with E-state index in [-0.39, 0.29) is 11.7 Å². The molecule has 1 unspecified atom stereocenters. The van der Waals surface area contributed by atoms with Crippen LogP contribution in [0, 0.1) is 5.82 Å². The molecule has 1 atom stereocenters. The maximum Gasteiger partial charge on any atom is 0.237 e. The van der Waals surface area contributed by atoms with Gasteiger partial charge in [0.25, 0.3) is 0 Å². The third-order valence-electron chi connectivity index (χ3n) is 3.60. The number of nitrogens with zero attached hydrogens (tertiary/aromatic N) is 2. The van der Waals surface area contributed by atoms with Crippen molar-refractivity contribution >= 4 is 23.4 Å². The summed E-state index contributed by atoms with van der Waals surface area (Å²) in [7, 11) is 1.58. The summed E-state index contributed by atoms with van der Waals surface area (Å²) in [5, 5.41) is 9.52. The van der Waals surface area contributed by atoms with Gasteiger partial charge in [-0.15, -0.1) is 5.10 Å². The number of aromatic nitrogens is 3. The van der Waals surface area contributed by atoms with Crippen molar-refractivity contribution in [3.8, 4) is 17.1 Å². The Morgan fingerprint density at radius 3 is 2.65 bits per heavy atom. The van der Waals surface area contributed by atoms with E-state index in [0.29, 0.717) is 28.0 Å². The van der Waals surface area contributed by atoms with E-state index < -0.39 is 5.25 Å². The van der Waals surface area contributed by atoms with Gasteiger partial charge in [0.2, 0.25) is 11.1 Å². The Hall–Kier alpha value is -2.87. The first-order valence-corrected chi connectivity index (χ1v) is 8.73. The smallest absolute Gasteiger partial charge is 0.237 e. The number of methoxy groups -OCH3 is 1. The Bertz CT molecular complexity index is 898. The first-order chi connectivity index (χ1) is 12.6. The van der Waals surface area contributed by atoms with Gasteiger partial charge in [0.1, 0.15) is 11.6 Å². The van der Waals surface area contributed by atoms with Gasteiger partial charge in [-0.2, -0.15) is 0 Å². The lowest BCUT2D eigenvalue weighted by Crippen LogP contribution is -2.22. The monoisotopic (exact) mass is 372 g/mol. The number of rotatable bonds is 6. The highest BCUT2D eigenvalue weighted by Gasteiger charge is 2.18. The molecule has 1 heterocycles. The number of anilines is 1. The third kappa shape index (κ3) is 4.20. The average Bonchev–Trinajstić information content (AvgIpc) is 3.11. The van der Waals surface area contributed by atoms with Crippen molar-refractivity contribution in [2.24, 2.45) is 0 Å². The minimum absolute atomic E-state index is 0.183. The van der Waals surface area contributed by atoms with Crippen LogP contribution in [0.1, 0.15) is 6.92 Å². The molecule has 0 aliphatic carbocycles. The lowest BCUT2D eigenvalue weighted by molar-refractivity contribution is -0.115. The Morgan fingerprint density at radius 1 is 1.23 bits per heavy atom. The molecule has 0 saturated heterocycles. The van der Waals surface area contributed by atoms with Crippen LogP contribution in [0.5, 0.6) is 5.75 Å². The molecule has 1 amide bonds. The van der Waals surface area contributed by atoms with E-state index >= 15 is 0 Å². The van der Waals surface area contributed by atoms with E-state index in [9.17, 15) is 9.18 Å². The maximum atomic E-state index is 13.8. The summed E-state index contributed by atoms with van der Waals surface area (Å²) in [6.07, 6.45) is 0. The molecule has 2 aromatic carbocycles. The zero-order chi connectivity index (χ0) is 18.5. The average molecular weight is 372 g/mol. The molecule has 0 saturated carbocycles. The van der Waals surface area contributed by atoms with Crippen molar-refractivity contribution < 1.29 is 13.9 Å². The normalized spacial score (nSPS) is 11.8. The summed E-state index contributed by atoms with van der Waals surface area (Å²) >= 11 is 1.19. The van der Waals surface area contributed by atoms with Crippen LogP contribution in [-0.4, -0.2) is 33.4 Å². The predicted octanol–water partition coefficient (Wildman–Crippen LogP) is 3.74. The molecule has 0 fully saturated rings. The van der Waals surface area contributed by atoms with Crippen molar-refractivity contribution in [2.75, 3.05) is 12.4 Å². The number of halogens is 1. The van der Waals surface area contributed by atoms with Crippen LogP contribution in [-0.2, 0) is 4.79 Å². The van der Waals surface area contributed by atoms with Crippen molar-refractivity contribution in [3.05, 3.63) is 54.3 Å². The van der Waals surface area contributed by atoms with Gasteiger partial charge in [0.05, 0.1) is 17.9 Å². The second-order valence-electron chi connectivity index (χ2n) is 5.42. The second-order valence-corrected chi connectivity index (χ2v) is 6.73. The number of carbonyl (C=O) groups excluding carboxylic acids is 1. The fourth-order valence-electron chi connectivity index (χ4n) is 2.20. The first-order valence-electron chi connectivity index (χ1n) is 7.85. The third-order valence-corrected chi connectivity index (χ3v) is 4.56. The zero-order valence-corrected chi connectivity index (χ0v) is 15.0. The molecule has 3 aromatic rings. The molecule has 3 rings (SSSR count). The van der Waals surface area contributed by atoms with E-state index in [1.807, 2.05) is 0 Å². The van der Waals surface area contributed by atoms with Gasteiger partial charge in [0.15, 0.2) is 5.82 Å². The van der Waals surface area contributed by atoms with Crippen LogP contribution >= 0.6 is 11.8 Å². The molecule has 6 nitrogen and oxygen atoms in total.